The molecule has 0 bridgehead atoms. The number of rotatable bonds is 8. The van der Waals surface area contributed by atoms with Crippen molar-refractivity contribution in [3.05, 3.63) is 30.2 Å². The van der Waals surface area contributed by atoms with E-state index >= 15 is 0 Å². The van der Waals surface area contributed by atoms with Crippen LogP contribution >= 0.6 is 0 Å². The number of furan rings is 1. The Labute approximate surface area is 128 Å². The number of carboxylic acid groups (broad SMARTS) is 1. The Morgan fingerprint density at radius 1 is 1.36 bits per heavy atom. The summed E-state index contributed by atoms with van der Waals surface area (Å²) in [7, 11) is 0. The summed E-state index contributed by atoms with van der Waals surface area (Å²) in [5.41, 5.74) is 0. The van der Waals surface area contributed by atoms with E-state index in [4.69, 9.17) is 9.52 Å². The fourth-order valence-corrected chi connectivity index (χ4v) is 1.71. The van der Waals surface area contributed by atoms with E-state index in [1.807, 2.05) is 13.8 Å². The van der Waals surface area contributed by atoms with Crippen LogP contribution in [0.5, 0.6) is 0 Å². The van der Waals surface area contributed by atoms with E-state index in [9.17, 15) is 14.4 Å². The maximum Gasteiger partial charge on any atom is 0.326 e. The van der Waals surface area contributed by atoms with Crippen molar-refractivity contribution in [3.8, 4) is 0 Å². The molecule has 7 nitrogen and oxygen atoms in total. The first kappa shape index (κ1) is 17.5. The van der Waals surface area contributed by atoms with E-state index in [-0.39, 0.29) is 12.5 Å². The molecular weight excluding hydrogens is 288 g/mol. The lowest BCUT2D eigenvalue weighted by atomic mass is 10.0. The van der Waals surface area contributed by atoms with Gasteiger partial charge in [-0.1, -0.05) is 13.8 Å². The molecule has 0 aliphatic carbocycles. The first-order valence-corrected chi connectivity index (χ1v) is 6.90. The van der Waals surface area contributed by atoms with Crippen molar-refractivity contribution in [2.75, 3.05) is 6.54 Å². The van der Waals surface area contributed by atoms with E-state index in [2.05, 4.69) is 10.6 Å². The number of nitrogens with one attached hydrogen (secondary N) is 2. The number of amides is 2. The minimum Gasteiger partial charge on any atom is -0.480 e. The molecule has 1 rings (SSSR count). The Morgan fingerprint density at radius 3 is 2.64 bits per heavy atom. The van der Waals surface area contributed by atoms with Crippen LogP contribution in [0.15, 0.2) is 28.9 Å². The zero-order chi connectivity index (χ0) is 16.5. The molecule has 0 fully saturated rings. The largest absolute Gasteiger partial charge is 0.480 e. The van der Waals surface area contributed by atoms with Crippen molar-refractivity contribution in [2.45, 2.75) is 26.3 Å². The molecule has 22 heavy (non-hydrogen) atoms. The van der Waals surface area contributed by atoms with Crippen molar-refractivity contribution in [1.29, 1.82) is 0 Å². The highest BCUT2D eigenvalue weighted by atomic mass is 16.4. The summed E-state index contributed by atoms with van der Waals surface area (Å²) in [6, 6.07) is 2.41. The van der Waals surface area contributed by atoms with Crippen LogP contribution in [0.3, 0.4) is 0 Å². The topological polar surface area (TPSA) is 109 Å². The van der Waals surface area contributed by atoms with E-state index in [0.717, 1.165) is 0 Å². The average Bonchev–Trinajstić information content (AvgIpc) is 2.94. The second-order valence-corrected chi connectivity index (χ2v) is 5.15. The first-order chi connectivity index (χ1) is 10.4. The summed E-state index contributed by atoms with van der Waals surface area (Å²) in [5.74, 6) is -1.46. The summed E-state index contributed by atoms with van der Waals surface area (Å²) in [6.45, 7) is 3.44. The molecular formula is C15H20N2O5. The van der Waals surface area contributed by atoms with Gasteiger partial charge in [0.15, 0.2) is 0 Å². The minimum absolute atomic E-state index is 0.132. The second kappa shape index (κ2) is 8.66. The maximum atomic E-state index is 11.6. The monoisotopic (exact) mass is 308 g/mol. The smallest absolute Gasteiger partial charge is 0.326 e. The summed E-state index contributed by atoms with van der Waals surface area (Å²) >= 11 is 0. The Kier molecular flexibility index (Phi) is 6.88. The van der Waals surface area contributed by atoms with Crippen molar-refractivity contribution in [2.24, 2.45) is 5.92 Å². The second-order valence-electron chi connectivity index (χ2n) is 5.15. The fraction of sp³-hybridized carbons (Fsp3) is 0.400. The van der Waals surface area contributed by atoms with E-state index in [0.29, 0.717) is 12.2 Å². The normalized spacial score (nSPS) is 12.3. The Morgan fingerprint density at radius 2 is 2.09 bits per heavy atom. The highest BCUT2D eigenvalue weighted by molar-refractivity contribution is 5.94. The van der Waals surface area contributed by atoms with Crippen molar-refractivity contribution < 1.29 is 23.9 Å². The zero-order valence-corrected chi connectivity index (χ0v) is 12.5. The van der Waals surface area contributed by atoms with Crippen molar-refractivity contribution in [3.63, 3.8) is 0 Å². The standard InChI is InChI=1S/C15H20N2O5/c1-10(2)8-12(15(20)21)17-14(19)9-16-13(18)6-5-11-4-3-7-22-11/h3-7,10,12H,8-9H2,1-2H3,(H,16,18)(H,17,19)(H,20,21)/b6-5+. The van der Waals surface area contributed by atoms with Gasteiger partial charge in [0.05, 0.1) is 12.8 Å². The quantitative estimate of drug-likeness (QED) is 0.621. The molecule has 1 unspecified atom stereocenters. The van der Waals surface area contributed by atoms with Gasteiger partial charge in [-0.15, -0.1) is 0 Å². The van der Waals surface area contributed by atoms with Crippen molar-refractivity contribution in [1.82, 2.24) is 10.6 Å². The molecule has 0 spiro atoms. The van der Waals surface area contributed by atoms with Gasteiger partial charge >= 0.3 is 5.97 Å². The molecule has 0 aliphatic rings. The molecule has 0 aromatic carbocycles. The number of aliphatic carboxylic acids is 1. The fourth-order valence-electron chi connectivity index (χ4n) is 1.71. The lowest BCUT2D eigenvalue weighted by Crippen LogP contribution is -2.45. The van der Waals surface area contributed by atoms with Crippen molar-refractivity contribution >= 4 is 23.9 Å². The molecule has 1 aromatic heterocycles. The van der Waals surface area contributed by atoms with Crippen LogP contribution in [-0.2, 0) is 14.4 Å². The van der Waals surface area contributed by atoms with Gasteiger partial charge in [-0.05, 0) is 30.5 Å². The van der Waals surface area contributed by atoms with Gasteiger partial charge in [0.25, 0.3) is 0 Å². The summed E-state index contributed by atoms with van der Waals surface area (Å²) in [4.78, 5) is 34.2. The number of carboxylic acids is 1. The number of carbonyl (C=O) groups is 3. The predicted molar refractivity (Wildman–Crippen MR) is 79.8 cm³/mol. The first-order valence-electron chi connectivity index (χ1n) is 6.90. The lowest BCUT2D eigenvalue weighted by Gasteiger charge is -2.16. The highest BCUT2D eigenvalue weighted by Gasteiger charge is 2.20. The molecule has 120 valence electrons. The van der Waals surface area contributed by atoms with Crippen LogP contribution in [0.4, 0.5) is 0 Å². The summed E-state index contributed by atoms with van der Waals surface area (Å²) in [5, 5.41) is 13.8. The third kappa shape index (κ3) is 6.74. The maximum absolute atomic E-state index is 11.6. The van der Waals surface area contributed by atoms with E-state index < -0.39 is 23.8 Å². The molecule has 0 saturated heterocycles. The van der Waals surface area contributed by atoms with Crippen LogP contribution in [0.25, 0.3) is 6.08 Å². The number of hydrogen-bond acceptors (Lipinski definition) is 4. The summed E-state index contributed by atoms with van der Waals surface area (Å²) in [6.07, 6.45) is 4.50. The Balaban J connectivity index is 2.38. The lowest BCUT2D eigenvalue weighted by molar-refractivity contribution is -0.142. The molecule has 3 N–H and O–H groups in total. The SMILES string of the molecule is CC(C)CC(NC(=O)CNC(=O)/C=C/c1ccco1)C(=O)O. The molecule has 0 saturated carbocycles. The molecule has 0 radical (unpaired) electrons. The van der Waals surface area contributed by atoms with Crippen LogP contribution < -0.4 is 10.6 Å². The van der Waals surface area contributed by atoms with Gasteiger partial charge in [-0.25, -0.2) is 4.79 Å². The predicted octanol–water partition coefficient (Wildman–Crippen LogP) is 1.02. The van der Waals surface area contributed by atoms with E-state index in [1.165, 1.54) is 18.4 Å². The molecule has 0 aliphatic heterocycles. The van der Waals surface area contributed by atoms with Crippen LogP contribution in [-0.4, -0.2) is 35.5 Å². The number of hydrogen-bond donors (Lipinski definition) is 3. The van der Waals surface area contributed by atoms with Gasteiger partial charge in [-0.3, -0.25) is 9.59 Å². The van der Waals surface area contributed by atoms with Gasteiger partial charge in [0.2, 0.25) is 11.8 Å². The van der Waals surface area contributed by atoms with E-state index in [1.54, 1.807) is 12.1 Å². The van der Waals surface area contributed by atoms with Crippen LogP contribution in [0.2, 0.25) is 0 Å². The average molecular weight is 308 g/mol. The molecule has 1 heterocycles. The zero-order valence-electron chi connectivity index (χ0n) is 12.5. The van der Waals surface area contributed by atoms with Gasteiger partial charge in [0.1, 0.15) is 11.8 Å². The Hall–Kier alpha value is -2.57. The van der Waals surface area contributed by atoms with Gasteiger partial charge < -0.3 is 20.2 Å². The minimum atomic E-state index is -1.09. The van der Waals surface area contributed by atoms with Crippen LogP contribution in [0.1, 0.15) is 26.0 Å². The third-order valence-electron chi connectivity index (χ3n) is 2.71. The summed E-state index contributed by atoms with van der Waals surface area (Å²) < 4.78 is 5.01. The Bertz CT molecular complexity index is 534. The molecule has 2 amide bonds. The van der Waals surface area contributed by atoms with Gasteiger partial charge in [0, 0.05) is 6.08 Å². The van der Waals surface area contributed by atoms with Gasteiger partial charge in [-0.2, -0.15) is 0 Å². The van der Waals surface area contributed by atoms with Crippen LogP contribution in [0, 0.1) is 5.92 Å². The number of carbonyl (C=O) groups excluding carboxylic acids is 2. The molecule has 1 aromatic rings. The molecule has 1 atom stereocenters. The molecule has 7 heteroatoms. The third-order valence-corrected chi connectivity index (χ3v) is 2.71. The highest BCUT2D eigenvalue weighted by Crippen LogP contribution is 2.04.